The van der Waals surface area contributed by atoms with Crippen LogP contribution in [0.4, 0.5) is 26.3 Å². The molecule has 0 unspecified atom stereocenters. The second-order valence-electron chi connectivity index (χ2n) is 3.14. The van der Waals surface area contributed by atoms with Crippen molar-refractivity contribution >= 4 is 29.0 Å². The highest BCUT2D eigenvalue weighted by molar-refractivity contribution is 6.42. The van der Waals surface area contributed by atoms with Crippen LogP contribution in [0.3, 0.4) is 0 Å². The summed E-state index contributed by atoms with van der Waals surface area (Å²) in [5.74, 6) is -2.42. The van der Waals surface area contributed by atoms with Crippen LogP contribution in [0, 0.1) is 0 Å². The second kappa shape index (κ2) is 4.62. The lowest BCUT2D eigenvalue weighted by atomic mass is 10.1. The minimum absolute atomic E-state index is 0.0179. The molecule has 0 aliphatic heterocycles. The molecule has 0 saturated heterocycles. The van der Waals surface area contributed by atoms with E-state index in [1.165, 1.54) is 0 Å². The lowest BCUT2D eigenvalue weighted by molar-refractivity contribution is -0.137. The number of carbonyl (C=O) groups excluding carboxylic acids is 1. The van der Waals surface area contributed by atoms with Crippen LogP contribution in [-0.2, 0) is 6.18 Å². The Hall–Kier alpha value is -0.950. The van der Waals surface area contributed by atoms with Crippen molar-refractivity contribution in [2.24, 2.45) is 0 Å². The van der Waals surface area contributed by atoms with Gasteiger partial charge >= 0.3 is 12.4 Å². The van der Waals surface area contributed by atoms with Crippen molar-refractivity contribution in [2.75, 3.05) is 0 Å². The highest BCUT2D eigenvalue weighted by Crippen LogP contribution is 2.39. The summed E-state index contributed by atoms with van der Waals surface area (Å²) in [6.45, 7) is 0. The predicted octanol–water partition coefficient (Wildman–Crippen LogP) is 4.76. The molecule has 0 atom stereocenters. The van der Waals surface area contributed by atoms with E-state index in [1.54, 1.807) is 0 Å². The Morgan fingerprint density at radius 1 is 1.00 bits per heavy atom. The molecule has 18 heavy (non-hydrogen) atoms. The van der Waals surface area contributed by atoms with Crippen molar-refractivity contribution in [1.82, 2.24) is 0 Å². The molecule has 0 saturated carbocycles. The van der Waals surface area contributed by atoms with E-state index in [0.29, 0.717) is 6.07 Å². The standard InChI is InChI=1S/C9H2Cl2F6O/c10-5-2-3(7(18)9(15,16)17)1-4(6(5)11)8(12,13)14/h1-2H. The van der Waals surface area contributed by atoms with E-state index in [-0.39, 0.29) is 6.07 Å². The first-order valence-corrected chi connectivity index (χ1v) is 4.88. The van der Waals surface area contributed by atoms with Gasteiger partial charge in [0, 0.05) is 5.56 Å². The van der Waals surface area contributed by atoms with Gasteiger partial charge in [-0.25, -0.2) is 0 Å². The van der Waals surface area contributed by atoms with Crippen LogP contribution in [0.15, 0.2) is 12.1 Å². The lowest BCUT2D eigenvalue weighted by Crippen LogP contribution is -2.23. The molecule has 0 heterocycles. The third-order valence-electron chi connectivity index (χ3n) is 1.85. The Labute approximate surface area is 106 Å². The van der Waals surface area contributed by atoms with Crippen molar-refractivity contribution in [3.8, 4) is 0 Å². The molecule has 0 radical (unpaired) electrons. The molecule has 0 fully saturated rings. The highest BCUT2D eigenvalue weighted by Gasteiger charge is 2.42. The summed E-state index contributed by atoms with van der Waals surface area (Å²) in [6, 6.07) is 0.457. The smallest absolute Gasteiger partial charge is 0.284 e. The number of hydrogen-bond acceptors (Lipinski definition) is 1. The highest BCUT2D eigenvalue weighted by atomic mass is 35.5. The van der Waals surface area contributed by atoms with E-state index >= 15 is 0 Å². The second-order valence-corrected chi connectivity index (χ2v) is 3.93. The Morgan fingerprint density at radius 3 is 1.89 bits per heavy atom. The topological polar surface area (TPSA) is 17.1 Å². The van der Waals surface area contributed by atoms with Crippen molar-refractivity contribution in [3.05, 3.63) is 33.3 Å². The Morgan fingerprint density at radius 2 is 1.50 bits per heavy atom. The molecule has 0 N–H and O–H groups in total. The number of alkyl halides is 6. The summed E-state index contributed by atoms with van der Waals surface area (Å²) in [5.41, 5.74) is -2.81. The first-order chi connectivity index (χ1) is 7.94. The van der Waals surface area contributed by atoms with Gasteiger partial charge < -0.3 is 0 Å². The average molecular weight is 311 g/mol. The fourth-order valence-electron chi connectivity index (χ4n) is 1.09. The summed E-state index contributed by atoms with van der Waals surface area (Å²) in [7, 11) is 0. The summed E-state index contributed by atoms with van der Waals surface area (Å²) in [6.07, 6.45) is -10.3. The molecule has 0 aliphatic carbocycles. The van der Waals surface area contributed by atoms with E-state index in [4.69, 9.17) is 23.2 Å². The molecule has 100 valence electrons. The normalized spacial score (nSPS) is 12.7. The van der Waals surface area contributed by atoms with Crippen molar-refractivity contribution < 1.29 is 31.1 Å². The molecule has 0 aromatic heterocycles. The molecule has 9 heteroatoms. The van der Waals surface area contributed by atoms with E-state index < -0.39 is 39.3 Å². The number of hydrogen-bond donors (Lipinski definition) is 0. The fraction of sp³-hybridized carbons (Fsp3) is 0.222. The maximum absolute atomic E-state index is 12.4. The summed E-state index contributed by atoms with van der Waals surface area (Å²) in [5, 5.41) is -1.73. The molecule has 1 aromatic carbocycles. The van der Waals surface area contributed by atoms with Crippen LogP contribution < -0.4 is 0 Å². The Bertz CT molecular complexity index is 491. The van der Waals surface area contributed by atoms with Crippen molar-refractivity contribution in [3.63, 3.8) is 0 Å². The average Bonchev–Trinajstić information content (AvgIpc) is 2.17. The molecular formula is C9H2Cl2F6O. The zero-order valence-corrected chi connectivity index (χ0v) is 9.60. The first kappa shape index (κ1) is 15.1. The molecule has 0 aliphatic rings. The van der Waals surface area contributed by atoms with Crippen LogP contribution in [0.25, 0.3) is 0 Å². The number of halogens is 8. The number of rotatable bonds is 1. The molecule has 0 amide bonds. The minimum Gasteiger partial charge on any atom is -0.284 e. The van der Waals surface area contributed by atoms with E-state index in [2.05, 4.69) is 0 Å². The van der Waals surface area contributed by atoms with Gasteiger partial charge in [0.1, 0.15) is 0 Å². The third kappa shape index (κ3) is 3.08. The number of carbonyl (C=O) groups is 1. The zero-order valence-electron chi connectivity index (χ0n) is 8.09. The van der Waals surface area contributed by atoms with Crippen molar-refractivity contribution in [1.29, 1.82) is 0 Å². The molecule has 1 nitrogen and oxygen atoms in total. The van der Waals surface area contributed by atoms with Gasteiger partial charge in [-0.05, 0) is 12.1 Å². The molecule has 0 spiro atoms. The largest absolute Gasteiger partial charge is 0.454 e. The van der Waals surface area contributed by atoms with Gasteiger partial charge in [-0.3, -0.25) is 4.79 Å². The van der Waals surface area contributed by atoms with E-state index in [0.717, 1.165) is 0 Å². The fourth-order valence-corrected chi connectivity index (χ4v) is 1.53. The number of Topliss-reactive ketones (excluding diaryl/α,β-unsaturated/α-hetero) is 1. The maximum atomic E-state index is 12.4. The summed E-state index contributed by atoms with van der Waals surface area (Å²) >= 11 is 10.5. The molecule has 0 bridgehead atoms. The van der Waals surface area contributed by atoms with Crippen LogP contribution in [0.2, 0.25) is 10.0 Å². The quantitative estimate of drug-likeness (QED) is 0.540. The Balaban J connectivity index is 3.43. The summed E-state index contributed by atoms with van der Waals surface area (Å²) < 4.78 is 73.6. The van der Waals surface area contributed by atoms with Gasteiger partial charge in [-0.15, -0.1) is 0 Å². The first-order valence-electron chi connectivity index (χ1n) is 4.12. The summed E-state index contributed by atoms with van der Waals surface area (Å²) in [4.78, 5) is 10.8. The van der Waals surface area contributed by atoms with Gasteiger partial charge in [-0.2, -0.15) is 26.3 Å². The molecular weight excluding hydrogens is 309 g/mol. The lowest BCUT2D eigenvalue weighted by Gasteiger charge is -2.12. The van der Waals surface area contributed by atoms with Crippen LogP contribution in [0.1, 0.15) is 15.9 Å². The number of benzene rings is 1. The maximum Gasteiger partial charge on any atom is 0.454 e. The van der Waals surface area contributed by atoms with E-state index in [1.807, 2.05) is 0 Å². The monoisotopic (exact) mass is 310 g/mol. The van der Waals surface area contributed by atoms with Crippen LogP contribution in [0.5, 0.6) is 0 Å². The van der Waals surface area contributed by atoms with Gasteiger partial charge in [-0.1, -0.05) is 23.2 Å². The van der Waals surface area contributed by atoms with Gasteiger partial charge in [0.05, 0.1) is 15.6 Å². The minimum atomic E-state index is -5.29. The van der Waals surface area contributed by atoms with Crippen LogP contribution >= 0.6 is 23.2 Å². The van der Waals surface area contributed by atoms with Crippen LogP contribution in [-0.4, -0.2) is 12.0 Å². The van der Waals surface area contributed by atoms with Gasteiger partial charge in [0.2, 0.25) is 0 Å². The Kier molecular flexibility index (Phi) is 3.88. The van der Waals surface area contributed by atoms with Gasteiger partial charge in [0.25, 0.3) is 5.78 Å². The predicted molar refractivity (Wildman–Crippen MR) is 51.8 cm³/mol. The molecule has 1 aromatic rings. The number of ketones is 1. The van der Waals surface area contributed by atoms with Gasteiger partial charge in [0.15, 0.2) is 0 Å². The van der Waals surface area contributed by atoms with Crippen molar-refractivity contribution in [2.45, 2.75) is 12.4 Å². The zero-order chi connectivity index (χ0) is 14.3. The third-order valence-corrected chi connectivity index (χ3v) is 2.66. The SMILES string of the molecule is O=C(c1cc(Cl)c(Cl)c(C(F)(F)F)c1)C(F)(F)F. The van der Waals surface area contributed by atoms with E-state index in [9.17, 15) is 31.1 Å². The molecule has 1 rings (SSSR count).